The predicted molar refractivity (Wildman–Crippen MR) is 91.2 cm³/mol. The number of carbonyl (C=O) groups is 1. The quantitative estimate of drug-likeness (QED) is 0.873. The zero-order chi connectivity index (χ0) is 16.9. The molecule has 0 radical (unpaired) electrons. The van der Waals surface area contributed by atoms with Gasteiger partial charge in [0.1, 0.15) is 5.60 Å². The first-order valence-corrected chi connectivity index (χ1v) is 8.48. The summed E-state index contributed by atoms with van der Waals surface area (Å²) in [5.74, 6) is 0.446. The molecule has 23 heavy (non-hydrogen) atoms. The first-order valence-electron chi connectivity index (χ1n) is 8.48. The summed E-state index contributed by atoms with van der Waals surface area (Å²) >= 11 is 0. The zero-order valence-corrected chi connectivity index (χ0v) is 14.6. The fraction of sp³-hybridized carbons (Fsp3) is 0.667. The van der Waals surface area contributed by atoms with E-state index in [2.05, 4.69) is 28.6 Å². The molecule has 1 aromatic heterocycles. The lowest BCUT2D eigenvalue weighted by Crippen LogP contribution is -2.41. The smallest absolute Gasteiger partial charge is 0.407 e. The maximum absolute atomic E-state index is 11.8. The minimum Gasteiger partial charge on any atom is -0.444 e. The second kappa shape index (κ2) is 7.77. The van der Waals surface area contributed by atoms with Crippen molar-refractivity contribution < 1.29 is 9.53 Å². The van der Waals surface area contributed by atoms with Crippen molar-refractivity contribution in [3.05, 3.63) is 30.1 Å². The number of pyridine rings is 1. The molecule has 0 aromatic carbocycles. The summed E-state index contributed by atoms with van der Waals surface area (Å²) in [4.78, 5) is 16.0. The number of nitrogens with one attached hydrogen (secondary N) is 2. The van der Waals surface area contributed by atoms with Crippen LogP contribution < -0.4 is 10.6 Å². The van der Waals surface area contributed by atoms with Gasteiger partial charge in [-0.2, -0.15) is 0 Å². The van der Waals surface area contributed by atoms with Crippen molar-refractivity contribution in [2.24, 2.45) is 5.92 Å². The molecule has 128 valence electrons. The van der Waals surface area contributed by atoms with Gasteiger partial charge in [0.05, 0.1) is 0 Å². The van der Waals surface area contributed by atoms with E-state index in [0.29, 0.717) is 18.5 Å². The summed E-state index contributed by atoms with van der Waals surface area (Å²) in [6, 6.07) is 4.73. The lowest BCUT2D eigenvalue weighted by molar-refractivity contribution is 0.0517. The van der Waals surface area contributed by atoms with Crippen LogP contribution in [-0.4, -0.2) is 29.3 Å². The summed E-state index contributed by atoms with van der Waals surface area (Å²) in [5.41, 5.74) is 0.741. The first kappa shape index (κ1) is 17.7. The van der Waals surface area contributed by atoms with Gasteiger partial charge in [0.2, 0.25) is 0 Å². The molecule has 5 nitrogen and oxygen atoms in total. The highest BCUT2D eigenvalue weighted by atomic mass is 16.6. The highest BCUT2D eigenvalue weighted by molar-refractivity contribution is 5.67. The highest BCUT2D eigenvalue weighted by Gasteiger charge is 2.29. The fourth-order valence-corrected chi connectivity index (χ4v) is 3.08. The Morgan fingerprint density at radius 1 is 1.43 bits per heavy atom. The third-order valence-electron chi connectivity index (χ3n) is 4.22. The van der Waals surface area contributed by atoms with Crippen LogP contribution in [0.4, 0.5) is 4.79 Å². The molecule has 3 atom stereocenters. The molecule has 0 saturated heterocycles. The van der Waals surface area contributed by atoms with E-state index >= 15 is 0 Å². The number of rotatable bonds is 5. The lowest BCUT2D eigenvalue weighted by atomic mass is 10.0. The number of alkyl carbamates (subject to hydrolysis) is 1. The molecule has 1 aliphatic carbocycles. The van der Waals surface area contributed by atoms with E-state index in [-0.39, 0.29) is 12.1 Å². The van der Waals surface area contributed by atoms with E-state index in [0.717, 1.165) is 12.8 Å². The second-order valence-corrected chi connectivity index (χ2v) is 7.35. The molecular weight excluding hydrogens is 290 g/mol. The Labute approximate surface area is 139 Å². The molecule has 2 N–H and O–H groups in total. The standard InChI is InChI=1S/C18H29N3O2/c1-13(14-8-6-10-19-11-14)21-16-9-5-7-15(16)12-20-17(22)23-18(2,3)4/h6,8,10-11,13,15-16,21H,5,7,9,12H2,1-4H3,(H,20,22). The van der Waals surface area contributed by atoms with Gasteiger partial charge in [-0.05, 0) is 58.1 Å². The van der Waals surface area contributed by atoms with Crippen LogP contribution in [0.2, 0.25) is 0 Å². The lowest BCUT2D eigenvalue weighted by Gasteiger charge is -2.26. The third-order valence-corrected chi connectivity index (χ3v) is 4.22. The number of hydrogen-bond acceptors (Lipinski definition) is 4. The molecule has 5 heteroatoms. The SMILES string of the molecule is CC(NC1CCCC1CNC(=O)OC(C)(C)C)c1cccnc1. The van der Waals surface area contributed by atoms with Gasteiger partial charge in [-0.3, -0.25) is 4.98 Å². The topological polar surface area (TPSA) is 63.2 Å². The Morgan fingerprint density at radius 2 is 2.22 bits per heavy atom. The van der Waals surface area contributed by atoms with Crippen molar-refractivity contribution in [1.82, 2.24) is 15.6 Å². The Morgan fingerprint density at radius 3 is 2.87 bits per heavy atom. The molecule has 1 heterocycles. The van der Waals surface area contributed by atoms with Crippen LogP contribution in [0.15, 0.2) is 24.5 Å². The molecule has 0 aliphatic heterocycles. The van der Waals surface area contributed by atoms with E-state index in [1.165, 1.54) is 12.0 Å². The third kappa shape index (κ3) is 5.82. The van der Waals surface area contributed by atoms with Gasteiger partial charge in [0.25, 0.3) is 0 Å². The Hall–Kier alpha value is -1.62. The molecule has 3 unspecified atom stereocenters. The van der Waals surface area contributed by atoms with Crippen molar-refractivity contribution in [2.45, 2.75) is 64.6 Å². The number of carbonyl (C=O) groups excluding carboxylic acids is 1. The van der Waals surface area contributed by atoms with Gasteiger partial charge >= 0.3 is 6.09 Å². The van der Waals surface area contributed by atoms with Gasteiger partial charge < -0.3 is 15.4 Å². The van der Waals surface area contributed by atoms with Crippen molar-refractivity contribution in [1.29, 1.82) is 0 Å². The maximum Gasteiger partial charge on any atom is 0.407 e. The van der Waals surface area contributed by atoms with Crippen molar-refractivity contribution in [2.75, 3.05) is 6.54 Å². The summed E-state index contributed by atoms with van der Waals surface area (Å²) in [5, 5.41) is 6.60. The van der Waals surface area contributed by atoms with Crippen LogP contribution in [-0.2, 0) is 4.74 Å². The normalized spacial score (nSPS) is 22.6. The van der Waals surface area contributed by atoms with Gasteiger partial charge in [-0.1, -0.05) is 12.5 Å². The van der Waals surface area contributed by atoms with E-state index in [1.54, 1.807) is 6.20 Å². The monoisotopic (exact) mass is 319 g/mol. The summed E-state index contributed by atoms with van der Waals surface area (Å²) < 4.78 is 5.30. The molecule has 1 aromatic rings. The van der Waals surface area contributed by atoms with Crippen LogP contribution in [0.1, 0.15) is 58.6 Å². The zero-order valence-electron chi connectivity index (χ0n) is 14.6. The number of nitrogens with zero attached hydrogens (tertiary/aromatic N) is 1. The average molecular weight is 319 g/mol. The molecule has 1 saturated carbocycles. The summed E-state index contributed by atoms with van der Waals surface area (Å²) in [6.07, 6.45) is 6.83. The van der Waals surface area contributed by atoms with Crippen molar-refractivity contribution in [3.63, 3.8) is 0 Å². The summed E-state index contributed by atoms with van der Waals surface area (Å²) in [6.45, 7) is 8.45. The molecule has 2 rings (SSSR count). The van der Waals surface area contributed by atoms with E-state index in [4.69, 9.17) is 4.74 Å². The van der Waals surface area contributed by atoms with Gasteiger partial charge in [-0.25, -0.2) is 4.79 Å². The minimum atomic E-state index is -0.452. The Balaban J connectivity index is 1.82. The highest BCUT2D eigenvalue weighted by Crippen LogP contribution is 2.27. The van der Waals surface area contributed by atoms with Gasteiger partial charge in [-0.15, -0.1) is 0 Å². The summed E-state index contributed by atoms with van der Waals surface area (Å²) in [7, 11) is 0. The molecule has 1 amide bonds. The minimum absolute atomic E-state index is 0.260. The fourth-order valence-electron chi connectivity index (χ4n) is 3.08. The van der Waals surface area contributed by atoms with Gasteiger partial charge in [0.15, 0.2) is 0 Å². The van der Waals surface area contributed by atoms with Crippen molar-refractivity contribution >= 4 is 6.09 Å². The molecular formula is C18H29N3O2. The van der Waals surface area contributed by atoms with Crippen LogP contribution in [0.3, 0.4) is 0 Å². The Bertz CT molecular complexity index is 499. The predicted octanol–water partition coefficient (Wildman–Crippen LogP) is 3.43. The molecule has 1 fully saturated rings. The van der Waals surface area contributed by atoms with Crippen LogP contribution in [0.5, 0.6) is 0 Å². The van der Waals surface area contributed by atoms with E-state index < -0.39 is 5.60 Å². The molecule has 0 spiro atoms. The van der Waals surface area contributed by atoms with E-state index in [9.17, 15) is 4.79 Å². The van der Waals surface area contributed by atoms with E-state index in [1.807, 2.05) is 33.0 Å². The largest absolute Gasteiger partial charge is 0.444 e. The maximum atomic E-state index is 11.8. The van der Waals surface area contributed by atoms with Crippen molar-refractivity contribution in [3.8, 4) is 0 Å². The second-order valence-electron chi connectivity index (χ2n) is 7.35. The molecule has 1 aliphatic rings. The van der Waals surface area contributed by atoms with Gasteiger partial charge in [0, 0.05) is 31.0 Å². The average Bonchev–Trinajstić information content (AvgIpc) is 2.91. The number of hydrogen-bond donors (Lipinski definition) is 2. The van der Waals surface area contributed by atoms with Crippen LogP contribution >= 0.6 is 0 Å². The number of ether oxygens (including phenoxy) is 1. The Kier molecular flexibility index (Phi) is 5.99. The molecule has 0 bridgehead atoms. The van der Waals surface area contributed by atoms with Crippen LogP contribution in [0, 0.1) is 5.92 Å². The number of amides is 1. The van der Waals surface area contributed by atoms with Crippen LogP contribution in [0.25, 0.3) is 0 Å². The number of aromatic nitrogens is 1. The first-order chi connectivity index (χ1) is 10.8.